The number of ether oxygens (including phenoxy) is 1. The first-order valence-electron chi connectivity index (χ1n) is 9.42. The van der Waals surface area contributed by atoms with Crippen LogP contribution in [0.15, 0.2) is 24.3 Å². The Morgan fingerprint density at radius 1 is 0.963 bits per heavy atom. The molecule has 3 rings (SSSR count). The van der Waals surface area contributed by atoms with Crippen molar-refractivity contribution in [2.24, 2.45) is 0 Å². The van der Waals surface area contributed by atoms with Gasteiger partial charge in [0.15, 0.2) is 6.61 Å². The number of fused-ring (bicyclic) bond motifs is 1. The fourth-order valence-electron chi connectivity index (χ4n) is 3.51. The summed E-state index contributed by atoms with van der Waals surface area (Å²) < 4.78 is 5.12. The molecule has 2 aliphatic heterocycles. The lowest BCUT2D eigenvalue weighted by Gasteiger charge is -2.25. The Labute approximate surface area is 158 Å². The summed E-state index contributed by atoms with van der Waals surface area (Å²) in [5.74, 6) is -2.03. The van der Waals surface area contributed by atoms with Crippen LogP contribution >= 0.6 is 0 Å². The quantitative estimate of drug-likeness (QED) is 0.596. The number of esters is 1. The first-order chi connectivity index (χ1) is 13.0. The van der Waals surface area contributed by atoms with Crippen LogP contribution in [0, 0.1) is 0 Å². The molecule has 0 spiro atoms. The zero-order chi connectivity index (χ0) is 19.4. The van der Waals surface area contributed by atoms with Crippen LogP contribution in [0.2, 0.25) is 0 Å². The lowest BCUT2D eigenvalue weighted by Crippen LogP contribution is -2.45. The molecule has 7 heteroatoms. The smallest absolute Gasteiger partial charge is 0.329 e. The minimum absolute atomic E-state index is 0.236. The summed E-state index contributed by atoms with van der Waals surface area (Å²) in [6.45, 7) is 2.41. The second kappa shape index (κ2) is 8.33. The van der Waals surface area contributed by atoms with Gasteiger partial charge < -0.3 is 9.64 Å². The summed E-state index contributed by atoms with van der Waals surface area (Å²) in [5.41, 5.74) is 0.553. The maximum Gasteiger partial charge on any atom is 0.329 e. The second-order valence-electron chi connectivity index (χ2n) is 6.96. The van der Waals surface area contributed by atoms with Crippen molar-refractivity contribution in [3.05, 3.63) is 35.4 Å². The van der Waals surface area contributed by atoms with Crippen molar-refractivity contribution < 1.29 is 23.9 Å². The van der Waals surface area contributed by atoms with Crippen LogP contribution in [-0.2, 0) is 14.3 Å². The maximum absolute atomic E-state index is 12.4. The van der Waals surface area contributed by atoms with E-state index < -0.39 is 23.8 Å². The first kappa shape index (κ1) is 19.1. The van der Waals surface area contributed by atoms with Crippen molar-refractivity contribution in [1.82, 2.24) is 9.80 Å². The van der Waals surface area contributed by atoms with Crippen molar-refractivity contribution in [3.63, 3.8) is 0 Å². The van der Waals surface area contributed by atoms with E-state index in [9.17, 15) is 19.2 Å². The van der Waals surface area contributed by atoms with Crippen LogP contribution in [0.3, 0.4) is 0 Å². The van der Waals surface area contributed by atoms with Crippen LogP contribution < -0.4 is 0 Å². The number of likely N-dealkylation sites (tertiary alicyclic amines) is 1. The molecule has 0 aromatic heterocycles. The molecule has 0 N–H and O–H groups in total. The van der Waals surface area contributed by atoms with Gasteiger partial charge in [-0.2, -0.15) is 0 Å². The molecule has 1 atom stereocenters. The number of nitrogens with zero attached hydrogens (tertiary/aromatic N) is 2. The third-order valence-corrected chi connectivity index (χ3v) is 5.10. The molecule has 1 saturated heterocycles. The fraction of sp³-hybridized carbons (Fsp3) is 0.500. The van der Waals surface area contributed by atoms with Crippen molar-refractivity contribution in [3.8, 4) is 0 Å². The van der Waals surface area contributed by atoms with Crippen molar-refractivity contribution in [2.75, 3.05) is 19.7 Å². The van der Waals surface area contributed by atoms with Gasteiger partial charge >= 0.3 is 5.97 Å². The predicted octanol–water partition coefficient (Wildman–Crippen LogP) is 2.01. The predicted molar refractivity (Wildman–Crippen MR) is 97.0 cm³/mol. The molecule has 0 bridgehead atoms. The van der Waals surface area contributed by atoms with Gasteiger partial charge in [0, 0.05) is 13.1 Å². The van der Waals surface area contributed by atoms with Gasteiger partial charge in [-0.3, -0.25) is 19.3 Å². The maximum atomic E-state index is 12.4. The third kappa shape index (κ3) is 4.02. The van der Waals surface area contributed by atoms with Crippen molar-refractivity contribution in [2.45, 2.75) is 45.1 Å². The highest BCUT2D eigenvalue weighted by Crippen LogP contribution is 2.24. The van der Waals surface area contributed by atoms with Crippen LogP contribution in [0.5, 0.6) is 0 Å². The van der Waals surface area contributed by atoms with E-state index in [4.69, 9.17) is 4.74 Å². The topological polar surface area (TPSA) is 84.0 Å². The first-order valence-corrected chi connectivity index (χ1v) is 9.42. The Morgan fingerprint density at radius 2 is 1.48 bits per heavy atom. The fourth-order valence-corrected chi connectivity index (χ4v) is 3.51. The second-order valence-corrected chi connectivity index (χ2v) is 6.96. The summed E-state index contributed by atoms with van der Waals surface area (Å²) in [6.07, 6.45) is 5.28. The number of hydrogen-bond acceptors (Lipinski definition) is 5. The van der Waals surface area contributed by atoms with E-state index in [1.807, 2.05) is 0 Å². The Kier molecular flexibility index (Phi) is 5.88. The zero-order valence-electron chi connectivity index (χ0n) is 15.5. The number of benzene rings is 1. The number of carbonyl (C=O) groups is 4. The molecule has 3 amide bonds. The Hall–Kier alpha value is -2.70. The van der Waals surface area contributed by atoms with E-state index in [-0.39, 0.29) is 23.6 Å². The van der Waals surface area contributed by atoms with E-state index in [0.29, 0.717) is 13.1 Å². The van der Waals surface area contributed by atoms with Gasteiger partial charge in [0.1, 0.15) is 6.04 Å². The molecule has 1 aromatic rings. The lowest BCUT2D eigenvalue weighted by atomic mass is 10.1. The van der Waals surface area contributed by atoms with Crippen LogP contribution in [-0.4, -0.2) is 59.2 Å². The van der Waals surface area contributed by atoms with Crippen LogP contribution in [0.1, 0.15) is 59.7 Å². The van der Waals surface area contributed by atoms with Gasteiger partial charge in [0.25, 0.3) is 17.7 Å². The summed E-state index contributed by atoms with van der Waals surface area (Å²) in [5, 5.41) is 0. The summed E-state index contributed by atoms with van der Waals surface area (Å²) >= 11 is 0. The molecule has 0 unspecified atom stereocenters. The minimum Gasteiger partial charge on any atom is -0.454 e. The lowest BCUT2D eigenvalue weighted by molar-refractivity contribution is -0.155. The normalized spacial score (nSPS) is 18.6. The highest BCUT2D eigenvalue weighted by atomic mass is 16.5. The highest BCUT2D eigenvalue weighted by Gasteiger charge is 2.41. The van der Waals surface area contributed by atoms with E-state index >= 15 is 0 Å². The molecule has 2 heterocycles. The largest absolute Gasteiger partial charge is 0.454 e. The van der Waals surface area contributed by atoms with Crippen LogP contribution in [0.4, 0.5) is 0 Å². The number of carbonyl (C=O) groups excluding carboxylic acids is 4. The molecule has 7 nitrogen and oxygen atoms in total. The molecule has 144 valence electrons. The van der Waals surface area contributed by atoms with Gasteiger partial charge in [-0.05, 0) is 31.9 Å². The molecule has 0 aliphatic carbocycles. The van der Waals surface area contributed by atoms with E-state index in [2.05, 4.69) is 0 Å². The van der Waals surface area contributed by atoms with Gasteiger partial charge in [0.2, 0.25) is 0 Å². The number of rotatable bonds is 4. The summed E-state index contributed by atoms with van der Waals surface area (Å²) in [6, 6.07) is 5.35. The molecule has 1 fully saturated rings. The Bertz CT molecular complexity index is 717. The molecular formula is C20H24N2O5. The Balaban J connectivity index is 1.57. The van der Waals surface area contributed by atoms with Gasteiger partial charge in [-0.25, -0.2) is 4.79 Å². The monoisotopic (exact) mass is 372 g/mol. The van der Waals surface area contributed by atoms with E-state index in [1.54, 1.807) is 29.2 Å². The molecule has 0 saturated carbocycles. The van der Waals surface area contributed by atoms with Gasteiger partial charge in [-0.15, -0.1) is 0 Å². The summed E-state index contributed by atoms with van der Waals surface area (Å²) in [4.78, 5) is 52.1. The highest BCUT2D eigenvalue weighted by molar-refractivity contribution is 6.22. The number of amides is 3. The van der Waals surface area contributed by atoms with Gasteiger partial charge in [-0.1, -0.05) is 31.4 Å². The number of hydrogen-bond donors (Lipinski definition) is 0. The van der Waals surface area contributed by atoms with Gasteiger partial charge in [0.05, 0.1) is 11.1 Å². The molecule has 27 heavy (non-hydrogen) atoms. The average Bonchev–Trinajstić information content (AvgIpc) is 2.90. The Morgan fingerprint density at radius 3 is 2.04 bits per heavy atom. The molecule has 0 radical (unpaired) electrons. The SMILES string of the molecule is C[C@@H](C(=O)OCC(=O)N1CCCCCCC1)N1C(=O)c2ccccc2C1=O. The average molecular weight is 372 g/mol. The zero-order valence-corrected chi connectivity index (χ0v) is 15.5. The van der Waals surface area contributed by atoms with E-state index in [1.165, 1.54) is 13.3 Å². The molecule has 1 aromatic carbocycles. The van der Waals surface area contributed by atoms with Crippen LogP contribution in [0.25, 0.3) is 0 Å². The number of imide groups is 1. The van der Waals surface area contributed by atoms with Crippen molar-refractivity contribution >= 4 is 23.7 Å². The third-order valence-electron chi connectivity index (χ3n) is 5.10. The summed E-state index contributed by atoms with van der Waals surface area (Å²) in [7, 11) is 0. The standard InChI is InChI=1S/C20H24N2O5/c1-14(22-18(24)15-9-5-6-10-16(15)19(22)25)20(26)27-13-17(23)21-11-7-3-2-4-8-12-21/h5-6,9-10,14H,2-4,7-8,11-13H2,1H3/t14-/m0/s1. The van der Waals surface area contributed by atoms with E-state index in [0.717, 1.165) is 30.6 Å². The minimum atomic E-state index is -1.09. The molecule has 2 aliphatic rings. The van der Waals surface area contributed by atoms with Crippen molar-refractivity contribution in [1.29, 1.82) is 0 Å². The molecular weight excluding hydrogens is 348 g/mol.